The molecule has 2 rings (SSSR count). The normalized spacial score (nSPS) is 12.1. The Kier molecular flexibility index (Phi) is 4.09. The number of nitrogens with one attached hydrogen (secondary N) is 1. The van der Waals surface area contributed by atoms with Crippen LogP contribution in [0.5, 0.6) is 0 Å². The molecule has 1 atom stereocenters. The summed E-state index contributed by atoms with van der Waals surface area (Å²) in [5.74, 6) is -0.0892. The number of furan rings is 1. The van der Waals surface area contributed by atoms with Crippen molar-refractivity contribution < 1.29 is 9.21 Å². The van der Waals surface area contributed by atoms with E-state index in [1.54, 1.807) is 6.26 Å². The van der Waals surface area contributed by atoms with Gasteiger partial charge in [-0.05, 0) is 44.0 Å². The van der Waals surface area contributed by atoms with Gasteiger partial charge in [0, 0.05) is 17.0 Å². The van der Waals surface area contributed by atoms with Gasteiger partial charge < -0.3 is 9.73 Å². The first-order valence-corrected chi connectivity index (χ1v) is 6.65. The van der Waals surface area contributed by atoms with Crippen LogP contribution in [0.4, 0.5) is 0 Å². The van der Waals surface area contributed by atoms with Gasteiger partial charge in [-0.2, -0.15) is 5.26 Å². The Morgan fingerprint density at radius 1 is 1.40 bits per heavy atom. The van der Waals surface area contributed by atoms with E-state index in [0.717, 1.165) is 16.5 Å². The van der Waals surface area contributed by atoms with Crippen LogP contribution in [0, 0.1) is 25.2 Å². The van der Waals surface area contributed by atoms with Gasteiger partial charge in [0.15, 0.2) is 0 Å². The van der Waals surface area contributed by atoms with Crippen LogP contribution in [0.1, 0.15) is 30.0 Å². The highest BCUT2D eigenvalue weighted by atomic mass is 16.3. The minimum absolute atomic E-state index is 0.0892. The van der Waals surface area contributed by atoms with E-state index in [0.29, 0.717) is 6.42 Å². The molecule has 0 bridgehead atoms. The fourth-order valence-corrected chi connectivity index (χ4v) is 2.16. The van der Waals surface area contributed by atoms with E-state index in [1.165, 1.54) is 11.1 Å². The molecule has 4 heteroatoms. The van der Waals surface area contributed by atoms with Crippen molar-refractivity contribution in [2.75, 3.05) is 0 Å². The summed E-state index contributed by atoms with van der Waals surface area (Å²) in [6.07, 6.45) is 2.22. The Balaban J connectivity index is 2.16. The van der Waals surface area contributed by atoms with Crippen LogP contribution in [0.3, 0.4) is 0 Å². The van der Waals surface area contributed by atoms with Gasteiger partial charge in [-0.1, -0.05) is 0 Å². The SMILES string of the molecule is Cc1cc2occ(CC(=O)N[C@H](C)CC#N)c2cc1C. The molecular formula is C16H18N2O2. The average molecular weight is 270 g/mol. The molecule has 0 fully saturated rings. The molecule has 0 aliphatic carbocycles. The van der Waals surface area contributed by atoms with E-state index < -0.39 is 0 Å². The Hall–Kier alpha value is -2.28. The number of hydrogen-bond acceptors (Lipinski definition) is 3. The molecule has 4 nitrogen and oxygen atoms in total. The Morgan fingerprint density at radius 3 is 2.80 bits per heavy atom. The molecule has 1 aromatic heterocycles. The first-order valence-electron chi connectivity index (χ1n) is 6.65. The summed E-state index contributed by atoms with van der Waals surface area (Å²) in [6.45, 7) is 5.90. The minimum Gasteiger partial charge on any atom is -0.464 e. The fraction of sp³-hybridized carbons (Fsp3) is 0.375. The van der Waals surface area contributed by atoms with Gasteiger partial charge in [0.2, 0.25) is 5.91 Å². The summed E-state index contributed by atoms with van der Waals surface area (Å²) >= 11 is 0. The monoisotopic (exact) mass is 270 g/mol. The van der Waals surface area contributed by atoms with E-state index >= 15 is 0 Å². The standard InChI is InChI=1S/C16H18N2O2/c1-10-6-14-13(9-20-15(14)7-11(10)2)8-16(19)18-12(3)4-5-17/h6-7,9,12H,4,8H2,1-3H3,(H,18,19)/t12-/m1/s1. The van der Waals surface area contributed by atoms with E-state index in [4.69, 9.17) is 9.68 Å². The fourth-order valence-electron chi connectivity index (χ4n) is 2.16. The van der Waals surface area contributed by atoms with Crippen LogP contribution in [0.2, 0.25) is 0 Å². The van der Waals surface area contributed by atoms with Gasteiger partial charge in [0.05, 0.1) is 25.2 Å². The highest BCUT2D eigenvalue weighted by molar-refractivity contribution is 5.88. The van der Waals surface area contributed by atoms with E-state index in [-0.39, 0.29) is 18.4 Å². The summed E-state index contributed by atoms with van der Waals surface area (Å²) in [5.41, 5.74) is 4.04. The molecule has 0 radical (unpaired) electrons. The van der Waals surface area contributed by atoms with Crippen LogP contribution in [0.25, 0.3) is 11.0 Å². The first kappa shape index (κ1) is 14.1. The summed E-state index contributed by atoms with van der Waals surface area (Å²) in [5, 5.41) is 12.4. The maximum absolute atomic E-state index is 11.9. The molecule has 1 amide bonds. The Bertz CT molecular complexity index is 680. The lowest BCUT2D eigenvalue weighted by atomic mass is 10.0. The average Bonchev–Trinajstić information content (AvgIpc) is 2.72. The van der Waals surface area contributed by atoms with Crippen LogP contribution in [0.15, 0.2) is 22.8 Å². The summed E-state index contributed by atoms with van der Waals surface area (Å²) < 4.78 is 5.51. The van der Waals surface area contributed by atoms with Gasteiger partial charge >= 0.3 is 0 Å². The third kappa shape index (κ3) is 3.00. The van der Waals surface area contributed by atoms with Gasteiger partial charge in [-0.15, -0.1) is 0 Å². The number of nitriles is 1. The third-order valence-electron chi connectivity index (χ3n) is 3.43. The van der Waals surface area contributed by atoms with Gasteiger partial charge in [-0.3, -0.25) is 4.79 Å². The lowest BCUT2D eigenvalue weighted by molar-refractivity contribution is -0.121. The van der Waals surface area contributed by atoms with Crippen LogP contribution < -0.4 is 5.32 Å². The number of fused-ring (bicyclic) bond motifs is 1. The van der Waals surface area contributed by atoms with E-state index in [1.807, 2.05) is 32.9 Å². The molecule has 0 aliphatic heterocycles. The number of benzene rings is 1. The second kappa shape index (κ2) is 5.79. The van der Waals surface area contributed by atoms with Crippen molar-refractivity contribution >= 4 is 16.9 Å². The van der Waals surface area contributed by atoms with Crippen molar-refractivity contribution in [3.8, 4) is 6.07 Å². The van der Waals surface area contributed by atoms with Crippen molar-refractivity contribution in [3.05, 3.63) is 35.1 Å². The summed E-state index contributed by atoms with van der Waals surface area (Å²) in [6, 6.07) is 5.95. The zero-order chi connectivity index (χ0) is 14.7. The van der Waals surface area contributed by atoms with Crippen molar-refractivity contribution in [2.45, 2.75) is 39.7 Å². The molecule has 0 spiro atoms. The Labute approximate surface area is 118 Å². The lowest BCUT2D eigenvalue weighted by Crippen LogP contribution is -2.33. The van der Waals surface area contributed by atoms with Crippen LogP contribution in [-0.4, -0.2) is 11.9 Å². The summed E-state index contributed by atoms with van der Waals surface area (Å²) in [7, 11) is 0. The second-order valence-electron chi connectivity index (χ2n) is 5.20. The van der Waals surface area contributed by atoms with Crippen molar-refractivity contribution in [1.29, 1.82) is 5.26 Å². The molecule has 1 aromatic carbocycles. The number of nitrogens with zero attached hydrogens (tertiary/aromatic N) is 1. The van der Waals surface area contributed by atoms with Crippen LogP contribution >= 0.6 is 0 Å². The number of hydrogen-bond donors (Lipinski definition) is 1. The summed E-state index contributed by atoms with van der Waals surface area (Å²) in [4.78, 5) is 11.9. The number of carbonyl (C=O) groups is 1. The second-order valence-corrected chi connectivity index (χ2v) is 5.20. The van der Waals surface area contributed by atoms with Crippen molar-refractivity contribution in [1.82, 2.24) is 5.32 Å². The van der Waals surface area contributed by atoms with E-state index in [2.05, 4.69) is 11.4 Å². The molecular weight excluding hydrogens is 252 g/mol. The minimum atomic E-state index is -0.130. The highest BCUT2D eigenvalue weighted by Gasteiger charge is 2.13. The molecule has 2 aromatic rings. The van der Waals surface area contributed by atoms with Gasteiger partial charge in [-0.25, -0.2) is 0 Å². The molecule has 0 saturated carbocycles. The predicted octanol–water partition coefficient (Wildman–Crippen LogP) is 3.01. The number of rotatable bonds is 4. The van der Waals surface area contributed by atoms with Gasteiger partial charge in [0.1, 0.15) is 5.58 Å². The highest BCUT2D eigenvalue weighted by Crippen LogP contribution is 2.25. The molecule has 104 valence electrons. The number of carbonyl (C=O) groups excluding carboxylic acids is 1. The Morgan fingerprint density at radius 2 is 2.10 bits per heavy atom. The molecule has 0 aliphatic rings. The quantitative estimate of drug-likeness (QED) is 0.928. The molecule has 1 heterocycles. The molecule has 1 N–H and O–H groups in total. The number of aryl methyl sites for hydroxylation is 2. The zero-order valence-electron chi connectivity index (χ0n) is 12.0. The van der Waals surface area contributed by atoms with Crippen LogP contribution in [-0.2, 0) is 11.2 Å². The molecule has 0 unspecified atom stereocenters. The first-order chi connectivity index (χ1) is 9.51. The maximum Gasteiger partial charge on any atom is 0.224 e. The number of amides is 1. The third-order valence-corrected chi connectivity index (χ3v) is 3.43. The van der Waals surface area contributed by atoms with E-state index in [9.17, 15) is 4.79 Å². The van der Waals surface area contributed by atoms with Gasteiger partial charge in [0.25, 0.3) is 0 Å². The molecule has 20 heavy (non-hydrogen) atoms. The largest absolute Gasteiger partial charge is 0.464 e. The van der Waals surface area contributed by atoms with Crippen molar-refractivity contribution in [2.24, 2.45) is 0 Å². The predicted molar refractivity (Wildman–Crippen MR) is 77.2 cm³/mol. The smallest absolute Gasteiger partial charge is 0.224 e. The topological polar surface area (TPSA) is 66.0 Å². The van der Waals surface area contributed by atoms with Crippen molar-refractivity contribution in [3.63, 3.8) is 0 Å². The maximum atomic E-state index is 11.9. The molecule has 0 saturated heterocycles. The zero-order valence-corrected chi connectivity index (χ0v) is 12.0. The lowest BCUT2D eigenvalue weighted by Gasteiger charge is -2.09.